The van der Waals surface area contributed by atoms with Crippen LogP contribution in [0.5, 0.6) is 0 Å². The summed E-state index contributed by atoms with van der Waals surface area (Å²) in [5, 5.41) is 0. The maximum absolute atomic E-state index is 13.1. The maximum Gasteiger partial charge on any atom is 0.303 e. The highest BCUT2D eigenvalue weighted by Crippen LogP contribution is 2.26. The van der Waals surface area contributed by atoms with E-state index < -0.39 is 37.3 Å². The first-order valence-electron chi connectivity index (χ1n) is 7.49. The van der Waals surface area contributed by atoms with Crippen molar-refractivity contribution < 1.29 is 36.6 Å². The third-order valence-electron chi connectivity index (χ3n) is 3.27. The Morgan fingerprint density at radius 2 is 1.96 bits per heavy atom. The van der Waals surface area contributed by atoms with Crippen LogP contribution in [0, 0.1) is 0 Å². The van der Waals surface area contributed by atoms with Crippen molar-refractivity contribution in [2.75, 3.05) is 46.1 Å². The van der Waals surface area contributed by atoms with Gasteiger partial charge in [-0.3, -0.25) is 9.69 Å². The molecule has 1 saturated heterocycles. The average molecular weight is 345 g/mol. The van der Waals surface area contributed by atoms with E-state index in [1.807, 2.05) is 4.90 Å². The highest BCUT2D eigenvalue weighted by molar-refractivity contribution is 5.66. The maximum atomic E-state index is 13.1. The van der Waals surface area contributed by atoms with Gasteiger partial charge < -0.3 is 14.2 Å². The largest absolute Gasteiger partial charge is 0.459 e. The van der Waals surface area contributed by atoms with Crippen LogP contribution >= 0.6 is 0 Å². The summed E-state index contributed by atoms with van der Waals surface area (Å²) in [4.78, 5) is 13.1. The first-order valence-corrected chi connectivity index (χ1v) is 7.49. The van der Waals surface area contributed by atoms with E-state index in [-0.39, 0.29) is 13.2 Å². The molecule has 0 amide bonds. The minimum absolute atomic E-state index is 0.0539. The highest BCUT2D eigenvalue weighted by Gasteiger charge is 2.32. The summed E-state index contributed by atoms with van der Waals surface area (Å²) in [6.07, 6.45) is -5.91. The number of carbonyl (C=O) groups is 1. The number of esters is 1. The molecular formula is C14H23F4NO4. The summed E-state index contributed by atoms with van der Waals surface area (Å²) in [6.45, 7) is 3.76. The van der Waals surface area contributed by atoms with E-state index in [1.54, 1.807) is 0 Å². The van der Waals surface area contributed by atoms with E-state index >= 15 is 0 Å². The number of hydrogen-bond acceptors (Lipinski definition) is 5. The van der Waals surface area contributed by atoms with E-state index in [9.17, 15) is 22.4 Å². The van der Waals surface area contributed by atoms with E-state index in [0.29, 0.717) is 32.8 Å². The van der Waals surface area contributed by atoms with Crippen LogP contribution in [0.2, 0.25) is 0 Å². The average Bonchev–Trinajstić information content (AvgIpc) is 2.42. The van der Waals surface area contributed by atoms with Crippen LogP contribution in [0.3, 0.4) is 0 Å². The summed E-state index contributed by atoms with van der Waals surface area (Å²) >= 11 is 0. The molecule has 9 heteroatoms. The van der Waals surface area contributed by atoms with Gasteiger partial charge in [-0.15, -0.1) is 0 Å². The number of carbonyl (C=O) groups excluding carboxylic acids is 1. The normalized spacial score (nSPS) is 18.2. The van der Waals surface area contributed by atoms with E-state index in [2.05, 4.69) is 0 Å². The topological polar surface area (TPSA) is 48.0 Å². The van der Waals surface area contributed by atoms with Crippen molar-refractivity contribution in [3.63, 3.8) is 0 Å². The number of alkyl halides is 4. The molecule has 0 spiro atoms. The molecule has 1 atom stereocenters. The molecule has 1 rings (SSSR count). The van der Waals surface area contributed by atoms with E-state index in [1.165, 1.54) is 6.92 Å². The van der Waals surface area contributed by atoms with Crippen LogP contribution in [-0.2, 0) is 19.0 Å². The minimum atomic E-state index is -3.46. The molecule has 0 aliphatic carbocycles. The van der Waals surface area contributed by atoms with Gasteiger partial charge in [0.15, 0.2) is 0 Å². The molecular weight excluding hydrogens is 322 g/mol. The predicted octanol–water partition coefficient (Wildman–Crippen LogP) is 1.95. The van der Waals surface area contributed by atoms with Gasteiger partial charge in [0.1, 0.15) is 6.10 Å². The van der Waals surface area contributed by atoms with Gasteiger partial charge in [-0.25, -0.2) is 17.6 Å². The molecule has 0 aromatic heterocycles. The van der Waals surface area contributed by atoms with Crippen LogP contribution in [0.1, 0.15) is 19.8 Å². The zero-order chi connectivity index (χ0) is 17.3. The Bertz CT molecular complexity index is 352. The first-order chi connectivity index (χ1) is 10.8. The quantitative estimate of drug-likeness (QED) is 0.344. The zero-order valence-electron chi connectivity index (χ0n) is 13.1. The number of halogens is 4. The van der Waals surface area contributed by atoms with Crippen LogP contribution in [0.25, 0.3) is 0 Å². The Kier molecular flexibility index (Phi) is 8.78. The standard InChI is InChI=1S/C14H23F4NO4/c1-11(20)23-12(9-19-3-6-21-7-4-19)10-22-5-2-14(17,18)8-13(15)16/h12-13H,2-10H2,1H3. The van der Waals surface area contributed by atoms with Crippen LogP contribution in [0.15, 0.2) is 0 Å². The lowest BCUT2D eigenvalue weighted by Gasteiger charge is -2.30. The molecule has 0 bridgehead atoms. The van der Waals surface area contributed by atoms with Crippen molar-refractivity contribution in [3.8, 4) is 0 Å². The molecule has 1 aliphatic heterocycles. The minimum Gasteiger partial charge on any atom is -0.459 e. The molecule has 0 saturated carbocycles. The number of morpholine rings is 1. The second-order valence-corrected chi connectivity index (χ2v) is 5.42. The van der Waals surface area contributed by atoms with Crippen molar-refractivity contribution in [3.05, 3.63) is 0 Å². The van der Waals surface area contributed by atoms with Gasteiger partial charge in [0.2, 0.25) is 6.43 Å². The van der Waals surface area contributed by atoms with Crippen LogP contribution < -0.4 is 0 Å². The fraction of sp³-hybridized carbons (Fsp3) is 0.929. The summed E-state index contributed by atoms with van der Waals surface area (Å²) in [6, 6.07) is 0. The lowest BCUT2D eigenvalue weighted by Crippen LogP contribution is -2.43. The number of nitrogens with zero attached hydrogens (tertiary/aromatic N) is 1. The van der Waals surface area contributed by atoms with Crippen molar-refractivity contribution in [2.24, 2.45) is 0 Å². The van der Waals surface area contributed by atoms with Crippen molar-refractivity contribution in [1.82, 2.24) is 4.90 Å². The van der Waals surface area contributed by atoms with E-state index in [4.69, 9.17) is 14.2 Å². The van der Waals surface area contributed by atoms with Crippen molar-refractivity contribution >= 4 is 5.97 Å². The molecule has 0 N–H and O–H groups in total. The summed E-state index contributed by atoms with van der Waals surface area (Å²) in [7, 11) is 0. The molecule has 1 aliphatic rings. The van der Waals surface area contributed by atoms with Gasteiger partial charge in [-0.05, 0) is 0 Å². The van der Waals surface area contributed by atoms with Crippen molar-refractivity contribution in [1.29, 1.82) is 0 Å². The Hall–Kier alpha value is -0.930. The van der Waals surface area contributed by atoms with Crippen LogP contribution in [0.4, 0.5) is 17.6 Å². The Morgan fingerprint density at radius 1 is 1.30 bits per heavy atom. The summed E-state index contributed by atoms with van der Waals surface area (Å²) in [5.74, 6) is -3.95. The lowest BCUT2D eigenvalue weighted by atomic mass is 10.2. The van der Waals surface area contributed by atoms with E-state index in [0.717, 1.165) is 0 Å². The van der Waals surface area contributed by atoms with Gasteiger partial charge in [-0.1, -0.05) is 0 Å². The van der Waals surface area contributed by atoms with Gasteiger partial charge in [0, 0.05) is 33.0 Å². The smallest absolute Gasteiger partial charge is 0.303 e. The second-order valence-electron chi connectivity index (χ2n) is 5.42. The number of ether oxygens (including phenoxy) is 3. The third kappa shape index (κ3) is 9.72. The zero-order valence-corrected chi connectivity index (χ0v) is 13.1. The molecule has 0 aromatic carbocycles. The molecule has 0 aromatic rings. The molecule has 5 nitrogen and oxygen atoms in total. The molecule has 1 heterocycles. The Balaban J connectivity index is 2.31. The SMILES string of the molecule is CC(=O)OC(COCCC(F)(F)CC(F)F)CN1CCOCC1. The second kappa shape index (κ2) is 10.0. The predicted molar refractivity (Wildman–Crippen MR) is 73.8 cm³/mol. The summed E-state index contributed by atoms with van der Waals surface area (Å²) in [5.41, 5.74) is 0. The monoisotopic (exact) mass is 345 g/mol. The Morgan fingerprint density at radius 3 is 2.52 bits per heavy atom. The van der Waals surface area contributed by atoms with Crippen LogP contribution in [-0.4, -0.2) is 75.4 Å². The lowest BCUT2D eigenvalue weighted by molar-refractivity contribution is -0.152. The van der Waals surface area contributed by atoms with Crippen molar-refractivity contribution in [2.45, 2.75) is 38.2 Å². The molecule has 0 radical (unpaired) electrons. The molecule has 1 unspecified atom stereocenters. The Labute approximate surface area is 132 Å². The molecule has 136 valence electrons. The highest BCUT2D eigenvalue weighted by atomic mass is 19.3. The molecule has 23 heavy (non-hydrogen) atoms. The van der Waals surface area contributed by atoms with Gasteiger partial charge in [0.05, 0.1) is 32.8 Å². The fourth-order valence-electron chi connectivity index (χ4n) is 2.19. The van der Waals surface area contributed by atoms with Gasteiger partial charge in [0.25, 0.3) is 5.92 Å². The number of rotatable bonds is 10. The summed E-state index contributed by atoms with van der Waals surface area (Å²) < 4.78 is 65.6. The number of hydrogen-bond donors (Lipinski definition) is 0. The molecule has 1 fully saturated rings. The third-order valence-corrected chi connectivity index (χ3v) is 3.27. The van der Waals surface area contributed by atoms with Gasteiger partial charge >= 0.3 is 5.97 Å². The van der Waals surface area contributed by atoms with Gasteiger partial charge in [-0.2, -0.15) is 0 Å². The first kappa shape index (κ1) is 20.1. The fourth-order valence-corrected chi connectivity index (χ4v) is 2.19.